The molecule has 2 nitrogen and oxygen atoms in total. The van der Waals surface area contributed by atoms with E-state index in [4.69, 9.17) is 21.1 Å². The van der Waals surface area contributed by atoms with Crippen LogP contribution in [0.4, 0.5) is 0 Å². The normalized spacial score (nSPS) is 11.6. The van der Waals surface area contributed by atoms with Crippen LogP contribution in [0.2, 0.25) is 0 Å². The van der Waals surface area contributed by atoms with E-state index in [0.717, 1.165) is 25.5 Å². The van der Waals surface area contributed by atoms with Crippen molar-refractivity contribution in [3.8, 4) is 0 Å². The first-order valence-electron chi connectivity index (χ1n) is 11.8. The lowest BCUT2D eigenvalue weighted by molar-refractivity contribution is -0.0531. The van der Waals surface area contributed by atoms with Crippen LogP contribution in [0, 0.1) is 0 Å². The Hall–Kier alpha value is -0.0500. The molecular weight excluding hydrogens is 356 g/mol. The fourth-order valence-electron chi connectivity index (χ4n) is 3.14. The van der Waals surface area contributed by atoms with E-state index >= 15 is 0 Å². The molecule has 0 aromatic rings. The van der Waals surface area contributed by atoms with E-state index in [0.29, 0.717) is 6.79 Å². The van der Waals surface area contributed by atoms with Crippen LogP contribution in [0.1, 0.15) is 116 Å². The van der Waals surface area contributed by atoms with Gasteiger partial charge in [0.2, 0.25) is 0 Å². The molecule has 0 aliphatic rings. The molecule has 0 amide bonds. The molecule has 0 rings (SSSR count). The van der Waals surface area contributed by atoms with E-state index in [-0.39, 0.29) is 0 Å². The summed E-state index contributed by atoms with van der Waals surface area (Å²) in [6, 6.07) is 0. The lowest BCUT2D eigenvalue weighted by Gasteiger charge is -2.05. The van der Waals surface area contributed by atoms with Gasteiger partial charge in [-0.05, 0) is 32.1 Å². The number of alkyl halides is 1. The minimum absolute atomic E-state index is 0.453. The van der Waals surface area contributed by atoms with Crippen molar-refractivity contribution in [3.05, 3.63) is 12.2 Å². The maximum Gasteiger partial charge on any atom is 0.146 e. The molecule has 0 N–H and O–H groups in total. The Morgan fingerprint density at radius 2 is 1.07 bits per heavy atom. The molecule has 0 aromatic heterocycles. The van der Waals surface area contributed by atoms with Gasteiger partial charge in [0.1, 0.15) is 6.79 Å². The van der Waals surface area contributed by atoms with Crippen molar-refractivity contribution in [2.45, 2.75) is 116 Å². The van der Waals surface area contributed by atoms with Gasteiger partial charge in [-0.1, -0.05) is 96.1 Å². The van der Waals surface area contributed by atoms with Gasteiger partial charge in [0.05, 0.1) is 6.61 Å². The molecule has 0 aliphatic carbocycles. The lowest BCUT2D eigenvalue weighted by Crippen LogP contribution is -2.02. The molecule has 3 heteroatoms. The third-order valence-corrected chi connectivity index (χ3v) is 5.18. The highest BCUT2D eigenvalue weighted by Gasteiger charge is 1.93. The van der Waals surface area contributed by atoms with E-state index in [9.17, 15) is 0 Å². The van der Waals surface area contributed by atoms with Gasteiger partial charge in [0.15, 0.2) is 0 Å². The number of unbranched alkanes of at least 4 members (excludes halogenated alkanes) is 14. The minimum Gasteiger partial charge on any atom is -0.355 e. The first-order chi connectivity index (χ1) is 13.4. The van der Waals surface area contributed by atoms with Gasteiger partial charge in [0.25, 0.3) is 0 Å². The fourth-order valence-corrected chi connectivity index (χ4v) is 3.33. The second-order valence-electron chi connectivity index (χ2n) is 7.62. The standard InChI is InChI=1S/C24H47ClO2/c1-2-3-4-5-13-16-19-22-26-24-27-23-20-17-14-11-9-7-6-8-10-12-15-18-21-25/h14,17H,2-13,15-16,18-24H2,1H3. The van der Waals surface area contributed by atoms with Crippen molar-refractivity contribution in [2.75, 3.05) is 25.9 Å². The molecule has 0 unspecified atom stereocenters. The first-order valence-corrected chi connectivity index (χ1v) is 12.3. The predicted octanol–water partition coefficient (Wildman–Crippen LogP) is 8.42. The number of hydrogen-bond donors (Lipinski definition) is 0. The van der Waals surface area contributed by atoms with E-state index < -0.39 is 0 Å². The summed E-state index contributed by atoms with van der Waals surface area (Å²) < 4.78 is 11.0. The smallest absolute Gasteiger partial charge is 0.146 e. The zero-order valence-electron chi connectivity index (χ0n) is 18.2. The van der Waals surface area contributed by atoms with Gasteiger partial charge >= 0.3 is 0 Å². The number of ether oxygens (including phenoxy) is 2. The van der Waals surface area contributed by atoms with Crippen molar-refractivity contribution in [1.29, 1.82) is 0 Å². The summed E-state index contributed by atoms with van der Waals surface area (Å²) in [5.74, 6) is 0.823. The van der Waals surface area contributed by atoms with Crippen LogP contribution in [0.5, 0.6) is 0 Å². The molecule has 0 atom stereocenters. The zero-order valence-corrected chi connectivity index (χ0v) is 19.0. The van der Waals surface area contributed by atoms with Crippen molar-refractivity contribution in [3.63, 3.8) is 0 Å². The lowest BCUT2D eigenvalue weighted by atomic mass is 10.1. The highest BCUT2D eigenvalue weighted by atomic mass is 35.5. The number of halogens is 1. The topological polar surface area (TPSA) is 18.5 Å². The van der Waals surface area contributed by atoms with Crippen molar-refractivity contribution in [2.24, 2.45) is 0 Å². The van der Waals surface area contributed by atoms with E-state index in [2.05, 4.69) is 19.1 Å². The SMILES string of the molecule is CCCCCCCCCOCOCCC=CCCCCCCCCCCCl. The molecule has 0 bridgehead atoms. The van der Waals surface area contributed by atoms with Crippen molar-refractivity contribution < 1.29 is 9.47 Å². The Balaban J connectivity index is 3.05. The Kier molecular flexibility index (Phi) is 25.9. The largest absolute Gasteiger partial charge is 0.355 e. The third kappa shape index (κ3) is 25.9. The summed E-state index contributed by atoms with van der Waals surface area (Å²) in [6.07, 6.45) is 26.7. The molecule has 162 valence electrons. The zero-order chi connectivity index (χ0) is 19.7. The molecule has 27 heavy (non-hydrogen) atoms. The molecule has 0 saturated carbocycles. The quantitative estimate of drug-likeness (QED) is 0.0738. The average molecular weight is 403 g/mol. The van der Waals surface area contributed by atoms with Gasteiger partial charge in [-0.25, -0.2) is 0 Å². The van der Waals surface area contributed by atoms with Gasteiger partial charge in [0, 0.05) is 12.5 Å². The second kappa shape index (κ2) is 26.0. The van der Waals surface area contributed by atoms with Gasteiger partial charge < -0.3 is 9.47 Å². The average Bonchev–Trinajstić information content (AvgIpc) is 2.68. The Bertz CT molecular complexity index is 282. The number of allylic oxidation sites excluding steroid dienone is 1. The predicted molar refractivity (Wildman–Crippen MR) is 121 cm³/mol. The number of hydrogen-bond acceptors (Lipinski definition) is 2. The van der Waals surface area contributed by atoms with E-state index in [1.54, 1.807) is 0 Å². The van der Waals surface area contributed by atoms with Gasteiger partial charge in [-0.2, -0.15) is 0 Å². The number of rotatable bonds is 23. The monoisotopic (exact) mass is 402 g/mol. The molecular formula is C24H47ClO2. The van der Waals surface area contributed by atoms with Crippen LogP contribution in [-0.2, 0) is 9.47 Å². The van der Waals surface area contributed by atoms with Crippen molar-refractivity contribution >= 4 is 11.6 Å². The molecule has 0 aromatic carbocycles. The van der Waals surface area contributed by atoms with Gasteiger partial charge in [-0.15, -0.1) is 11.6 Å². The first kappa shape index (κ1) is 27.0. The Morgan fingerprint density at radius 3 is 1.74 bits per heavy atom. The summed E-state index contributed by atoms with van der Waals surface area (Å²) in [7, 11) is 0. The highest BCUT2D eigenvalue weighted by molar-refractivity contribution is 6.17. The molecule has 0 fully saturated rings. The summed E-state index contributed by atoms with van der Waals surface area (Å²) in [5.41, 5.74) is 0. The Morgan fingerprint density at radius 1 is 0.556 bits per heavy atom. The molecule has 0 aliphatic heterocycles. The van der Waals surface area contributed by atoms with Crippen LogP contribution in [0.3, 0.4) is 0 Å². The Labute approximate surface area is 175 Å². The molecule has 0 heterocycles. The van der Waals surface area contributed by atoms with Crippen LogP contribution >= 0.6 is 11.6 Å². The highest BCUT2D eigenvalue weighted by Crippen LogP contribution is 2.10. The van der Waals surface area contributed by atoms with E-state index in [1.807, 2.05) is 0 Å². The summed E-state index contributed by atoms with van der Waals surface area (Å²) in [4.78, 5) is 0. The maximum absolute atomic E-state index is 5.68. The van der Waals surface area contributed by atoms with Gasteiger partial charge in [-0.3, -0.25) is 0 Å². The second-order valence-corrected chi connectivity index (χ2v) is 8.00. The van der Waals surface area contributed by atoms with Crippen LogP contribution in [0.25, 0.3) is 0 Å². The third-order valence-electron chi connectivity index (χ3n) is 4.91. The maximum atomic E-state index is 5.68. The van der Waals surface area contributed by atoms with Crippen LogP contribution in [0.15, 0.2) is 12.2 Å². The fraction of sp³-hybridized carbons (Fsp3) is 0.917. The summed E-state index contributed by atoms with van der Waals surface area (Å²) >= 11 is 5.68. The minimum atomic E-state index is 0.453. The van der Waals surface area contributed by atoms with Crippen LogP contribution < -0.4 is 0 Å². The van der Waals surface area contributed by atoms with E-state index in [1.165, 1.54) is 103 Å². The molecule has 0 radical (unpaired) electrons. The molecule has 0 spiro atoms. The van der Waals surface area contributed by atoms with Crippen LogP contribution in [-0.4, -0.2) is 25.9 Å². The molecule has 0 saturated heterocycles. The summed E-state index contributed by atoms with van der Waals surface area (Å²) in [5, 5.41) is 0. The summed E-state index contributed by atoms with van der Waals surface area (Å²) in [6.45, 7) is 4.33. The van der Waals surface area contributed by atoms with Crippen molar-refractivity contribution in [1.82, 2.24) is 0 Å².